The number of aliphatic hydroxyl groups is 1. The quantitative estimate of drug-likeness (QED) is 0.666. The number of aliphatic hydroxyl groups excluding tert-OH is 1. The summed E-state index contributed by atoms with van der Waals surface area (Å²) in [5.74, 6) is 0. The van der Waals surface area contributed by atoms with Crippen molar-refractivity contribution in [1.29, 1.82) is 0 Å². The fourth-order valence-electron chi connectivity index (χ4n) is 5.62. The maximum absolute atomic E-state index is 12.5. The molecular formula is C25H32N4O2. The van der Waals surface area contributed by atoms with Gasteiger partial charge in [-0.05, 0) is 43.4 Å². The third-order valence-corrected chi connectivity index (χ3v) is 7.30. The van der Waals surface area contributed by atoms with E-state index in [1.165, 1.54) is 5.56 Å². The van der Waals surface area contributed by atoms with Gasteiger partial charge in [0.2, 0.25) is 0 Å². The highest BCUT2D eigenvalue weighted by molar-refractivity contribution is 5.75. The van der Waals surface area contributed by atoms with Gasteiger partial charge in [0.25, 0.3) is 0 Å². The summed E-state index contributed by atoms with van der Waals surface area (Å²) >= 11 is 0. The average Bonchev–Trinajstić information content (AvgIpc) is 3.16. The van der Waals surface area contributed by atoms with Crippen molar-refractivity contribution in [2.75, 3.05) is 32.8 Å². The average molecular weight is 421 g/mol. The summed E-state index contributed by atoms with van der Waals surface area (Å²) in [7, 11) is 0. The summed E-state index contributed by atoms with van der Waals surface area (Å²) in [6.45, 7) is 4.30. The fraction of sp³-hybridized carbons (Fsp3) is 0.480. The number of rotatable bonds is 5. The van der Waals surface area contributed by atoms with Crippen LogP contribution >= 0.6 is 0 Å². The van der Waals surface area contributed by atoms with Gasteiger partial charge in [-0.1, -0.05) is 42.5 Å². The molecule has 3 aromatic rings. The van der Waals surface area contributed by atoms with Crippen molar-refractivity contribution in [1.82, 2.24) is 19.4 Å². The number of aromatic nitrogens is 2. The largest absolute Gasteiger partial charge is 0.394 e. The van der Waals surface area contributed by atoms with Crippen LogP contribution in [0.1, 0.15) is 43.3 Å². The van der Waals surface area contributed by atoms with Crippen LogP contribution in [0.2, 0.25) is 0 Å². The van der Waals surface area contributed by atoms with Gasteiger partial charge in [-0.3, -0.25) is 9.47 Å². The van der Waals surface area contributed by atoms with E-state index in [-0.39, 0.29) is 24.4 Å². The molecule has 2 fully saturated rings. The zero-order valence-corrected chi connectivity index (χ0v) is 18.0. The lowest BCUT2D eigenvalue weighted by molar-refractivity contribution is 0.0461. The Kier molecular flexibility index (Phi) is 5.94. The molecule has 3 heterocycles. The summed E-state index contributed by atoms with van der Waals surface area (Å²) in [6.07, 6.45) is 4.32. The van der Waals surface area contributed by atoms with Gasteiger partial charge in [0, 0.05) is 38.3 Å². The molecule has 2 aliphatic rings. The Morgan fingerprint density at radius 2 is 1.52 bits per heavy atom. The first-order valence-corrected chi connectivity index (χ1v) is 11.6. The second kappa shape index (κ2) is 8.99. The van der Waals surface area contributed by atoms with Crippen LogP contribution in [0.25, 0.3) is 11.0 Å². The van der Waals surface area contributed by atoms with Crippen molar-refractivity contribution in [3.05, 3.63) is 70.6 Å². The molecule has 0 radical (unpaired) electrons. The zero-order valence-electron chi connectivity index (χ0n) is 18.0. The molecule has 0 spiro atoms. The molecule has 2 aromatic carbocycles. The molecule has 0 amide bonds. The maximum atomic E-state index is 12.5. The number of para-hydroxylation sites is 2. The van der Waals surface area contributed by atoms with Crippen LogP contribution in [-0.2, 0) is 0 Å². The number of hydrogen-bond acceptors (Lipinski definition) is 4. The Balaban J connectivity index is 1.19. The third-order valence-electron chi connectivity index (χ3n) is 7.30. The Morgan fingerprint density at radius 1 is 0.871 bits per heavy atom. The number of imidazole rings is 1. The molecular weight excluding hydrogens is 388 g/mol. The molecule has 0 saturated carbocycles. The number of piperidine rings is 2. The molecule has 0 unspecified atom stereocenters. The van der Waals surface area contributed by atoms with Crippen molar-refractivity contribution >= 4 is 11.0 Å². The van der Waals surface area contributed by atoms with Crippen molar-refractivity contribution in [3.8, 4) is 0 Å². The first-order chi connectivity index (χ1) is 15.2. The minimum atomic E-state index is 0.0175. The fourth-order valence-corrected chi connectivity index (χ4v) is 5.62. The van der Waals surface area contributed by atoms with E-state index >= 15 is 0 Å². The van der Waals surface area contributed by atoms with Gasteiger partial charge < -0.3 is 15.0 Å². The van der Waals surface area contributed by atoms with Crippen LogP contribution in [0.15, 0.2) is 59.4 Å². The number of nitrogens with zero attached hydrogens (tertiary/aromatic N) is 3. The number of hydrogen-bond donors (Lipinski definition) is 2. The molecule has 5 rings (SSSR count). The second-order valence-corrected chi connectivity index (χ2v) is 8.96. The minimum Gasteiger partial charge on any atom is -0.394 e. The molecule has 1 aromatic heterocycles. The SMILES string of the molecule is O=c1[nH]c2ccccc2n1C1CCN(C2CCN([C@H](CO)c3ccccc3)CC2)CC1. The molecule has 6 nitrogen and oxygen atoms in total. The second-order valence-electron chi connectivity index (χ2n) is 8.96. The Labute approximate surface area is 183 Å². The van der Waals surface area contributed by atoms with Gasteiger partial charge in [-0.15, -0.1) is 0 Å². The van der Waals surface area contributed by atoms with E-state index in [2.05, 4.69) is 26.9 Å². The highest BCUT2D eigenvalue weighted by Gasteiger charge is 2.31. The molecule has 2 saturated heterocycles. The third kappa shape index (κ3) is 4.07. The lowest BCUT2D eigenvalue weighted by Crippen LogP contribution is -2.49. The number of likely N-dealkylation sites (tertiary alicyclic amines) is 2. The van der Waals surface area contributed by atoms with Gasteiger partial charge in [0.15, 0.2) is 0 Å². The number of nitrogens with one attached hydrogen (secondary N) is 1. The maximum Gasteiger partial charge on any atom is 0.326 e. The standard InChI is InChI=1S/C25H32N4O2/c30-18-24(19-6-2-1-3-7-19)28-16-10-20(11-17-28)27-14-12-21(13-15-27)29-23-9-5-4-8-22(23)26-25(29)31/h1-9,20-21,24,30H,10-18H2,(H,26,31)/t24-/m1/s1. The smallest absolute Gasteiger partial charge is 0.326 e. The lowest BCUT2D eigenvalue weighted by Gasteiger charge is -2.43. The zero-order chi connectivity index (χ0) is 21.2. The number of fused-ring (bicyclic) bond motifs is 1. The van der Waals surface area contributed by atoms with Crippen molar-refractivity contribution in [2.45, 2.75) is 43.8 Å². The monoisotopic (exact) mass is 420 g/mol. The molecule has 1 atom stereocenters. The summed E-state index contributed by atoms with van der Waals surface area (Å²) in [5.41, 5.74) is 3.17. The molecule has 164 valence electrons. The highest BCUT2D eigenvalue weighted by atomic mass is 16.3. The predicted molar refractivity (Wildman–Crippen MR) is 123 cm³/mol. The molecule has 2 aliphatic heterocycles. The molecule has 2 N–H and O–H groups in total. The highest BCUT2D eigenvalue weighted by Crippen LogP contribution is 2.30. The van der Waals surface area contributed by atoms with Crippen LogP contribution in [0.4, 0.5) is 0 Å². The topological polar surface area (TPSA) is 64.5 Å². The number of aromatic amines is 1. The first kappa shape index (κ1) is 20.5. The van der Waals surface area contributed by atoms with Crippen molar-refractivity contribution in [3.63, 3.8) is 0 Å². The van der Waals surface area contributed by atoms with E-state index in [0.29, 0.717) is 6.04 Å². The normalized spacial score (nSPS) is 20.9. The van der Waals surface area contributed by atoms with Crippen LogP contribution in [0.3, 0.4) is 0 Å². The van der Waals surface area contributed by atoms with Gasteiger partial charge in [0.05, 0.1) is 23.7 Å². The molecule has 31 heavy (non-hydrogen) atoms. The number of H-pyrrole nitrogens is 1. The van der Waals surface area contributed by atoms with Crippen molar-refractivity contribution < 1.29 is 5.11 Å². The first-order valence-electron chi connectivity index (χ1n) is 11.6. The van der Waals surface area contributed by atoms with E-state index in [0.717, 1.165) is 62.9 Å². The van der Waals surface area contributed by atoms with Crippen LogP contribution in [0.5, 0.6) is 0 Å². The van der Waals surface area contributed by atoms with Crippen LogP contribution in [0, 0.1) is 0 Å². The van der Waals surface area contributed by atoms with Gasteiger partial charge in [-0.25, -0.2) is 4.79 Å². The minimum absolute atomic E-state index is 0.0175. The predicted octanol–water partition coefficient (Wildman–Crippen LogP) is 3.16. The Bertz CT molecular complexity index is 1040. The summed E-state index contributed by atoms with van der Waals surface area (Å²) in [6, 6.07) is 19.3. The van der Waals surface area contributed by atoms with Crippen LogP contribution < -0.4 is 5.69 Å². The molecule has 0 bridgehead atoms. The lowest BCUT2D eigenvalue weighted by atomic mass is 9.95. The summed E-state index contributed by atoms with van der Waals surface area (Å²) < 4.78 is 1.97. The molecule has 6 heteroatoms. The van der Waals surface area contributed by atoms with Gasteiger partial charge >= 0.3 is 5.69 Å². The van der Waals surface area contributed by atoms with Gasteiger partial charge in [0.1, 0.15) is 0 Å². The van der Waals surface area contributed by atoms with E-state index in [1.54, 1.807) is 0 Å². The van der Waals surface area contributed by atoms with Crippen LogP contribution in [-0.4, -0.2) is 63.3 Å². The van der Waals surface area contributed by atoms with Gasteiger partial charge in [-0.2, -0.15) is 0 Å². The number of benzene rings is 2. The molecule has 0 aliphatic carbocycles. The van der Waals surface area contributed by atoms with Crippen molar-refractivity contribution in [2.24, 2.45) is 0 Å². The van der Waals surface area contributed by atoms with E-state index < -0.39 is 0 Å². The Morgan fingerprint density at radius 3 is 2.23 bits per heavy atom. The summed E-state index contributed by atoms with van der Waals surface area (Å²) in [5, 5.41) is 9.98. The van der Waals surface area contributed by atoms with E-state index in [9.17, 15) is 9.90 Å². The van der Waals surface area contributed by atoms with E-state index in [1.807, 2.05) is 47.0 Å². The Hall–Kier alpha value is -2.41. The van der Waals surface area contributed by atoms with E-state index in [4.69, 9.17) is 0 Å². The summed E-state index contributed by atoms with van der Waals surface area (Å²) in [4.78, 5) is 20.6.